The summed E-state index contributed by atoms with van der Waals surface area (Å²) in [6.07, 6.45) is 0.696. The molecule has 1 amide bonds. The van der Waals surface area contributed by atoms with Crippen LogP contribution in [0.15, 0.2) is 0 Å². The largest absolute Gasteiger partial charge is 0.444 e. The average molecular weight is 308 g/mol. The summed E-state index contributed by atoms with van der Waals surface area (Å²) < 4.78 is 37.7. The van der Waals surface area contributed by atoms with Gasteiger partial charge in [-0.15, -0.1) is 0 Å². The van der Waals surface area contributed by atoms with Crippen molar-refractivity contribution in [3.63, 3.8) is 0 Å². The van der Waals surface area contributed by atoms with E-state index < -0.39 is 30.7 Å². The van der Waals surface area contributed by atoms with E-state index in [9.17, 15) is 13.6 Å². The second kappa shape index (κ2) is 7.35. The van der Waals surface area contributed by atoms with Crippen molar-refractivity contribution in [3.8, 4) is 0 Å². The third-order valence-electron chi connectivity index (χ3n) is 3.02. The fraction of sp³-hybridized carbons (Fsp3) is 0.929. The smallest absolute Gasteiger partial charge is 0.407 e. The average Bonchev–Trinajstić information content (AvgIpc) is 2.33. The molecule has 1 fully saturated rings. The minimum atomic E-state index is -3.02. The third kappa shape index (κ3) is 8.16. The van der Waals surface area contributed by atoms with Crippen molar-refractivity contribution in [2.45, 2.75) is 64.2 Å². The first-order valence-electron chi connectivity index (χ1n) is 7.27. The standard InChI is InChI=1S/C14H26F2N2O3/c1-10-7-11(5-6-20-10)17-8-14(15,16)9-18-12(19)21-13(2,3)4/h10-11,17H,5-9H2,1-4H3,(H,18,19). The maximum absolute atomic E-state index is 13.7. The number of halogens is 2. The van der Waals surface area contributed by atoms with E-state index in [4.69, 9.17) is 9.47 Å². The number of hydrogen-bond donors (Lipinski definition) is 2. The van der Waals surface area contributed by atoms with Crippen LogP contribution in [-0.4, -0.2) is 49.5 Å². The highest BCUT2D eigenvalue weighted by Gasteiger charge is 2.32. The van der Waals surface area contributed by atoms with Crippen molar-refractivity contribution in [2.75, 3.05) is 19.7 Å². The van der Waals surface area contributed by atoms with Crippen LogP contribution in [0.3, 0.4) is 0 Å². The molecule has 21 heavy (non-hydrogen) atoms. The van der Waals surface area contributed by atoms with Crippen LogP contribution in [0.25, 0.3) is 0 Å². The molecular weight excluding hydrogens is 282 g/mol. The van der Waals surface area contributed by atoms with E-state index in [1.807, 2.05) is 6.92 Å². The molecule has 2 N–H and O–H groups in total. The lowest BCUT2D eigenvalue weighted by molar-refractivity contribution is -0.0192. The highest BCUT2D eigenvalue weighted by atomic mass is 19.3. The number of carbonyl (C=O) groups excluding carboxylic acids is 1. The fourth-order valence-corrected chi connectivity index (χ4v) is 2.06. The van der Waals surface area contributed by atoms with Crippen LogP contribution in [0.5, 0.6) is 0 Å². The summed E-state index contributed by atoms with van der Waals surface area (Å²) in [6.45, 7) is 6.33. The topological polar surface area (TPSA) is 59.6 Å². The first-order chi connectivity index (χ1) is 9.57. The number of alkyl carbamates (subject to hydrolysis) is 1. The molecule has 0 aromatic heterocycles. The van der Waals surface area contributed by atoms with Crippen molar-refractivity contribution in [2.24, 2.45) is 0 Å². The summed E-state index contributed by atoms with van der Waals surface area (Å²) in [6, 6.07) is 0.0288. The van der Waals surface area contributed by atoms with Gasteiger partial charge in [-0.2, -0.15) is 0 Å². The molecular formula is C14H26F2N2O3. The molecule has 7 heteroatoms. The number of ether oxygens (including phenoxy) is 2. The van der Waals surface area contributed by atoms with E-state index in [1.54, 1.807) is 20.8 Å². The number of amides is 1. The lowest BCUT2D eigenvalue weighted by atomic mass is 10.0. The Morgan fingerprint density at radius 1 is 1.33 bits per heavy atom. The monoisotopic (exact) mass is 308 g/mol. The predicted octanol–water partition coefficient (Wildman–Crippen LogP) is 2.30. The molecule has 1 aliphatic heterocycles. The molecule has 2 atom stereocenters. The summed E-state index contributed by atoms with van der Waals surface area (Å²) in [5.41, 5.74) is -0.699. The van der Waals surface area contributed by atoms with E-state index >= 15 is 0 Å². The second-order valence-electron chi connectivity index (χ2n) is 6.50. The van der Waals surface area contributed by atoms with Gasteiger partial charge in [-0.25, -0.2) is 13.6 Å². The Labute approximate surface area is 124 Å². The lowest BCUT2D eigenvalue weighted by Gasteiger charge is -2.29. The Bertz CT molecular complexity index is 346. The van der Waals surface area contributed by atoms with E-state index in [0.717, 1.165) is 12.8 Å². The van der Waals surface area contributed by atoms with Gasteiger partial charge in [-0.05, 0) is 40.5 Å². The summed E-state index contributed by atoms with van der Waals surface area (Å²) in [5, 5.41) is 4.94. The normalized spacial score (nSPS) is 23.7. The van der Waals surface area contributed by atoms with Crippen LogP contribution >= 0.6 is 0 Å². The molecule has 0 aromatic carbocycles. The van der Waals surface area contributed by atoms with Gasteiger partial charge in [0.1, 0.15) is 5.60 Å². The zero-order chi connectivity index (χ0) is 16.1. The Hall–Kier alpha value is -0.950. The van der Waals surface area contributed by atoms with E-state index in [1.165, 1.54) is 0 Å². The number of nitrogens with one attached hydrogen (secondary N) is 2. The first-order valence-corrected chi connectivity index (χ1v) is 7.27. The summed E-state index contributed by atoms with van der Waals surface area (Å²) >= 11 is 0. The molecule has 0 aromatic rings. The summed E-state index contributed by atoms with van der Waals surface area (Å²) in [5.74, 6) is -3.02. The zero-order valence-corrected chi connectivity index (χ0v) is 13.2. The molecule has 1 rings (SSSR count). The van der Waals surface area contributed by atoms with Crippen LogP contribution in [0.4, 0.5) is 13.6 Å². The minimum absolute atomic E-state index is 0.0288. The van der Waals surface area contributed by atoms with Gasteiger partial charge >= 0.3 is 6.09 Å². The number of rotatable bonds is 5. The quantitative estimate of drug-likeness (QED) is 0.818. The van der Waals surface area contributed by atoms with E-state index in [2.05, 4.69) is 10.6 Å². The van der Waals surface area contributed by atoms with Gasteiger partial charge in [-0.1, -0.05) is 0 Å². The molecule has 1 saturated heterocycles. The molecule has 124 valence electrons. The molecule has 0 saturated carbocycles. The van der Waals surface area contributed by atoms with Crippen LogP contribution in [0.2, 0.25) is 0 Å². The van der Waals surface area contributed by atoms with Crippen molar-refractivity contribution in [3.05, 3.63) is 0 Å². The van der Waals surface area contributed by atoms with Gasteiger partial charge in [0.05, 0.1) is 19.2 Å². The fourth-order valence-electron chi connectivity index (χ4n) is 2.06. The second-order valence-corrected chi connectivity index (χ2v) is 6.50. The molecule has 0 radical (unpaired) electrons. The maximum atomic E-state index is 13.7. The highest BCUT2D eigenvalue weighted by molar-refractivity contribution is 5.67. The maximum Gasteiger partial charge on any atom is 0.407 e. The number of hydrogen-bond acceptors (Lipinski definition) is 4. The van der Waals surface area contributed by atoms with Crippen LogP contribution < -0.4 is 10.6 Å². The molecule has 2 unspecified atom stereocenters. The zero-order valence-electron chi connectivity index (χ0n) is 13.2. The van der Waals surface area contributed by atoms with Crippen LogP contribution in [-0.2, 0) is 9.47 Å². The highest BCUT2D eigenvalue weighted by Crippen LogP contribution is 2.16. The Kier molecular flexibility index (Phi) is 6.34. The Morgan fingerprint density at radius 3 is 2.57 bits per heavy atom. The Morgan fingerprint density at radius 2 is 2.00 bits per heavy atom. The van der Waals surface area contributed by atoms with Gasteiger partial charge < -0.3 is 20.1 Å². The van der Waals surface area contributed by atoms with Crippen molar-refractivity contribution in [1.82, 2.24) is 10.6 Å². The SMILES string of the molecule is CC1CC(NCC(F)(F)CNC(=O)OC(C)(C)C)CCO1. The molecule has 1 heterocycles. The Balaban J connectivity index is 2.28. The molecule has 0 spiro atoms. The minimum Gasteiger partial charge on any atom is -0.444 e. The molecule has 5 nitrogen and oxygen atoms in total. The van der Waals surface area contributed by atoms with Gasteiger partial charge in [0.15, 0.2) is 0 Å². The summed E-state index contributed by atoms with van der Waals surface area (Å²) in [4.78, 5) is 11.4. The number of carbonyl (C=O) groups is 1. The first kappa shape index (κ1) is 18.1. The lowest BCUT2D eigenvalue weighted by Crippen LogP contribution is -2.48. The van der Waals surface area contributed by atoms with Crippen molar-refractivity contribution >= 4 is 6.09 Å². The van der Waals surface area contributed by atoms with E-state index in [-0.39, 0.29) is 12.1 Å². The van der Waals surface area contributed by atoms with Gasteiger partial charge in [0, 0.05) is 12.6 Å². The molecule has 0 aliphatic carbocycles. The van der Waals surface area contributed by atoms with Gasteiger partial charge in [0.25, 0.3) is 5.92 Å². The third-order valence-corrected chi connectivity index (χ3v) is 3.02. The van der Waals surface area contributed by atoms with Gasteiger partial charge in [0.2, 0.25) is 0 Å². The predicted molar refractivity (Wildman–Crippen MR) is 75.6 cm³/mol. The summed E-state index contributed by atoms with van der Waals surface area (Å²) in [7, 11) is 0. The van der Waals surface area contributed by atoms with Crippen LogP contribution in [0.1, 0.15) is 40.5 Å². The molecule has 1 aliphatic rings. The van der Waals surface area contributed by atoms with Crippen molar-refractivity contribution in [1.29, 1.82) is 0 Å². The van der Waals surface area contributed by atoms with E-state index in [0.29, 0.717) is 6.61 Å². The van der Waals surface area contributed by atoms with Crippen molar-refractivity contribution < 1.29 is 23.0 Å². The van der Waals surface area contributed by atoms with Gasteiger partial charge in [-0.3, -0.25) is 0 Å². The number of alkyl halides is 2. The van der Waals surface area contributed by atoms with Crippen LogP contribution in [0, 0.1) is 0 Å². The molecule has 0 bridgehead atoms.